The van der Waals surface area contributed by atoms with Crippen LogP contribution in [0.25, 0.3) is 0 Å². The Morgan fingerprint density at radius 1 is 1.04 bits per heavy atom. The summed E-state index contributed by atoms with van der Waals surface area (Å²) in [6, 6.07) is 12.8. The van der Waals surface area contributed by atoms with Crippen molar-refractivity contribution in [3.8, 4) is 5.75 Å². The zero-order chi connectivity index (χ0) is 20.0. The molecule has 0 aliphatic carbocycles. The van der Waals surface area contributed by atoms with Crippen molar-refractivity contribution < 1.29 is 14.3 Å². The number of ether oxygens (including phenoxy) is 1. The van der Waals surface area contributed by atoms with Gasteiger partial charge in [0.05, 0.1) is 11.3 Å². The van der Waals surface area contributed by atoms with Crippen LogP contribution in [0, 0.1) is 13.8 Å². The maximum absolute atomic E-state index is 12.7. The molecule has 0 aromatic heterocycles. The standard InChI is InChI=1S/C22H28N2O3/c1-6-24(7-2)22(26)19-10-8-9-11-20(19)23-21(25)17(5)27-18-13-12-15(3)16(4)14-18/h8-14,17H,6-7H2,1-5H3,(H,23,25)/t17-/m1/s1. The topological polar surface area (TPSA) is 58.6 Å². The van der Waals surface area contributed by atoms with E-state index in [1.807, 2.05) is 45.9 Å². The first kappa shape index (κ1) is 20.5. The molecular weight excluding hydrogens is 340 g/mol. The van der Waals surface area contributed by atoms with Gasteiger partial charge in [-0.15, -0.1) is 0 Å². The molecule has 0 bridgehead atoms. The fraction of sp³-hybridized carbons (Fsp3) is 0.364. The zero-order valence-electron chi connectivity index (χ0n) is 16.7. The van der Waals surface area contributed by atoms with Crippen molar-refractivity contribution in [1.82, 2.24) is 4.90 Å². The lowest BCUT2D eigenvalue weighted by Gasteiger charge is -2.21. The summed E-state index contributed by atoms with van der Waals surface area (Å²) in [5.74, 6) is 0.250. The van der Waals surface area contributed by atoms with E-state index in [-0.39, 0.29) is 11.8 Å². The maximum Gasteiger partial charge on any atom is 0.265 e. The first-order valence-electron chi connectivity index (χ1n) is 9.30. The summed E-state index contributed by atoms with van der Waals surface area (Å²) in [5.41, 5.74) is 3.25. The number of rotatable bonds is 7. The van der Waals surface area contributed by atoms with Crippen LogP contribution in [0.3, 0.4) is 0 Å². The predicted octanol–water partition coefficient (Wildman–Crippen LogP) is 4.19. The quantitative estimate of drug-likeness (QED) is 0.797. The third-order valence-electron chi connectivity index (χ3n) is 4.63. The third-order valence-corrected chi connectivity index (χ3v) is 4.63. The van der Waals surface area contributed by atoms with Gasteiger partial charge in [-0.2, -0.15) is 0 Å². The van der Waals surface area contributed by atoms with E-state index in [9.17, 15) is 9.59 Å². The van der Waals surface area contributed by atoms with E-state index < -0.39 is 6.10 Å². The van der Waals surface area contributed by atoms with Gasteiger partial charge in [0.1, 0.15) is 5.75 Å². The van der Waals surface area contributed by atoms with Crippen molar-refractivity contribution in [2.75, 3.05) is 18.4 Å². The van der Waals surface area contributed by atoms with Crippen LogP contribution in [0.4, 0.5) is 5.69 Å². The lowest BCUT2D eigenvalue weighted by molar-refractivity contribution is -0.122. The average molecular weight is 368 g/mol. The molecule has 0 aliphatic heterocycles. The summed E-state index contributed by atoms with van der Waals surface area (Å²) in [6.45, 7) is 10.8. The minimum atomic E-state index is -0.691. The molecule has 2 aromatic carbocycles. The van der Waals surface area contributed by atoms with Crippen LogP contribution in [0.2, 0.25) is 0 Å². The van der Waals surface area contributed by atoms with Gasteiger partial charge >= 0.3 is 0 Å². The number of hydrogen-bond donors (Lipinski definition) is 1. The van der Waals surface area contributed by atoms with Crippen molar-refractivity contribution in [2.45, 2.75) is 40.7 Å². The van der Waals surface area contributed by atoms with Crippen molar-refractivity contribution in [1.29, 1.82) is 0 Å². The molecule has 0 spiro atoms. The highest BCUT2D eigenvalue weighted by molar-refractivity contribution is 6.04. The number of hydrogen-bond acceptors (Lipinski definition) is 3. The number of carbonyl (C=O) groups is 2. The minimum absolute atomic E-state index is 0.0985. The van der Waals surface area contributed by atoms with Crippen LogP contribution < -0.4 is 10.1 Å². The molecule has 0 heterocycles. The fourth-order valence-corrected chi connectivity index (χ4v) is 2.74. The fourth-order valence-electron chi connectivity index (χ4n) is 2.74. The Labute approximate surface area is 161 Å². The van der Waals surface area contributed by atoms with E-state index in [0.29, 0.717) is 30.1 Å². The zero-order valence-corrected chi connectivity index (χ0v) is 16.7. The van der Waals surface area contributed by atoms with Gasteiger partial charge in [0.2, 0.25) is 0 Å². The highest BCUT2D eigenvalue weighted by Gasteiger charge is 2.20. The molecule has 0 aliphatic rings. The molecular formula is C22H28N2O3. The van der Waals surface area contributed by atoms with Gasteiger partial charge in [-0.25, -0.2) is 0 Å². The van der Waals surface area contributed by atoms with Gasteiger partial charge in [0, 0.05) is 13.1 Å². The molecule has 27 heavy (non-hydrogen) atoms. The predicted molar refractivity (Wildman–Crippen MR) is 108 cm³/mol. The van der Waals surface area contributed by atoms with E-state index >= 15 is 0 Å². The number of nitrogens with zero attached hydrogens (tertiary/aromatic N) is 1. The summed E-state index contributed by atoms with van der Waals surface area (Å²) in [5, 5.41) is 2.83. The number of benzene rings is 2. The summed E-state index contributed by atoms with van der Waals surface area (Å²) in [6.07, 6.45) is -0.691. The number of nitrogens with one attached hydrogen (secondary N) is 1. The van der Waals surface area contributed by atoms with Crippen LogP contribution in [0.5, 0.6) is 5.75 Å². The first-order valence-corrected chi connectivity index (χ1v) is 9.30. The van der Waals surface area contributed by atoms with Gasteiger partial charge < -0.3 is 15.0 Å². The molecule has 2 amide bonds. The largest absolute Gasteiger partial charge is 0.481 e. The molecule has 0 radical (unpaired) electrons. The Bertz CT molecular complexity index is 813. The van der Waals surface area contributed by atoms with Gasteiger partial charge in [-0.1, -0.05) is 18.2 Å². The van der Waals surface area contributed by atoms with Gasteiger partial charge in [0.25, 0.3) is 11.8 Å². The minimum Gasteiger partial charge on any atom is -0.481 e. The average Bonchev–Trinajstić information content (AvgIpc) is 2.66. The Kier molecular flexibility index (Phi) is 6.99. The molecule has 0 fully saturated rings. The molecule has 1 atom stereocenters. The van der Waals surface area contributed by atoms with Crippen LogP contribution in [0.15, 0.2) is 42.5 Å². The van der Waals surface area contributed by atoms with Crippen LogP contribution in [-0.4, -0.2) is 35.9 Å². The van der Waals surface area contributed by atoms with Crippen molar-refractivity contribution in [3.63, 3.8) is 0 Å². The molecule has 5 heteroatoms. The third kappa shape index (κ3) is 5.09. The van der Waals surface area contributed by atoms with Crippen LogP contribution >= 0.6 is 0 Å². The number of carbonyl (C=O) groups excluding carboxylic acids is 2. The van der Waals surface area contributed by atoms with Gasteiger partial charge in [-0.3, -0.25) is 9.59 Å². The van der Waals surface area contributed by atoms with Crippen molar-refractivity contribution in [2.24, 2.45) is 0 Å². The Hall–Kier alpha value is -2.82. The van der Waals surface area contributed by atoms with E-state index in [1.54, 1.807) is 36.1 Å². The Balaban J connectivity index is 2.13. The Morgan fingerprint density at radius 3 is 2.33 bits per heavy atom. The molecule has 2 rings (SSSR count). The highest BCUT2D eigenvalue weighted by atomic mass is 16.5. The normalized spacial score (nSPS) is 11.6. The summed E-state index contributed by atoms with van der Waals surface area (Å²) in [7, 11) is 0. The van der Waals surface area contributed by atoms with E-state index in [4.69, 9.17) is 4.74 Å². The number of aryl methyl sites for hydroxylation is 2. The lowest BCUT2D eigenvalue weighted by atomic mass is 10.1. The first-order chi connectivity index (χ1) is 12.9. The SMILES string of the molecule is CCN(CC)C(=O)c1ccccc1NC(=O)[C@@H](C)Oc1ccc(C)c(C)c1. The maximum atomic E-state index is 12.7. The van der Waals surface area contributed by atoms with Crippen molar-refractivity contribution in [3.05, 3.63) is 59.2 Å². The second kappa shape index (κ2) is 9.21. The molecule has 144 valence electrons. The molecule has 2 aromatic rings. The number of para-hydroxylation sites is 1. The van der Waals surface area contributed by atoms with E-state index in [2.05, 4.69) is 5.32 Å². The molecule has 1 N–H and O–H groups in total. The summed E-state index contributed by atoms with van der Waals surface area (Å²) >= 11 is 0. The summed E-state index contributed by atoms with van der Waals surface area (Å²) < 4.78 is 5.77. The lowest BCUT2D eigenvalue weighted by Crippen LogP contribution is -2.33. The molecule has 0 saturated heterocycles. The van der Waals surface area contributed by atoms with Crippen LogP contribution in [-0.2, 0) is 4.79 Å². The smallest absolute Gasteiger partial charge is 0.265 e. The van der Waals surface area contributed by atoms with Gasteiger partial charge in [0.15, 0.2) is 6.10 Å². The van der Waals surface area contributed by atoms with E-state index in [1.165, 1.54) is 5.56 Å². The highest BCUT2D eigenvalue weighted by Crippen LogP contribution is 2.20. The monoisotopic (exact) mass is 368 g/mol. The van der Waals surface area contributed by atoms with E-state index in [0.717, 1.165) is 5.56 Å². The molecule has 5 nitrogen and oxygen atoms in total. The second-order valence-corrected chi connectivity index (χ2v) is 6.52. The second-order valence-electron chi connectivity index (χ2n) is 6.52. The van der Waals surface area contributed by atoms with Gasteiger partial charge in [-0.05, 0) is 70.0 Å². The molecule has 0 unspecified atom stereocenters. The summed E-state index contributed by atoms with van der Waals surface area (Å²) in [4.78, 5) is 27.0. The Morgan fingerprint density at radius 2 is 1.70 bits per heavy atom. The van der Waals surface area contributed by atoms with Crippen molar-refractivity contribution >= 4 is 17.5 Å². The number of amides is 2. The number of anilines is 1. The van der Waals surface area contributed by atoms with Crippen LogP contribution in [0.1, 0.15) is 42.3 Å². The molecule has 0 saturated carbocycles.